The lowest BCUT2D eigenvalue weighted by atomic mass is 9.45. The van der Waals surface area contributed by atoms with Gasteiger partial charge in [0.05, 0.1) is 12.4 Å². The van der Waals surface area contributed by atoms with E-state index in [9.17, 15) is 5.11 Å². The third-order valence-corrected chi connectivity index (χ3v) is 9.09. The molecule has 2 nitrogen and oxygen atoms in total. The molecular formula is C25H34O2. The molecule has 4 aliphatic rings. The van der Waals surface area contributed by atoms with Crippen LogP contribution in [-0.4, -0.2) is 11.2 Å². The van der Waals surface area contributed by atoms with Gasteiger partial charge in [0.25, 0.3) is 0 Å². The summed E-state index contributed by atoms with van der Waals surface area (Å²) >= 11 is 0. The van der Waals surface area contributed by atoms with Crippen LogP contribution in [0.15, 0.2) is 40.0 Å². The number of rotatable bonds is 1. The van der Waals surface area contributed by atoms with Gasteiger partial charge in [0.2, 0.25) is 0 Å². The van der Waals surface area contributed by atoms with Gasteiger partial charge >= 0.3 is 0 Å². The highest BCUT2D eigenvalue weighted by atomic mass is 16.3. The van der Waals surface area contributed by atoms with Gasteiger partial charge in [-0.05, 0) is 97.7 Å². The van der Waals surface area contributed by atoms with E-state index in [-0.39, 0.29) is 11.5 Å². The number of aliphatic hydroxyl groups excluding tert-OH is 1. The van der Waals surface area contributed by atoms with E-state index in [1.165, 1.54) is 24.8 Å². The average molecular weight is 367 g/mol. The first-order chi connectivity index (χ1) is 12.8. The Labute approximate surface area is 163 Å². The van der Waals surface area contributed by atoms with Crippen molar-refractivity contribution in [3.05, 3.63) is 41.4 Å². The minimum atomic E-state index is -0.122. The molecule has 1 N–H and O–H groups in total. The van der Waals surface area contributed by atoms with E-state index in [0.717, 1.165) is 36.9 Å². The van der Waals surface area contributed by atoms with Crippen LogP contribution in [0.2, 0.25) is 0 Å². The topological polar surface area (TPSA) is 33.4 Å². The molecule has 0 bridgehead atoms. The van der Waals surface area contributed by atoms with E-state index < -0.39 is 0 Å². The first kappa shape index (κ1) is 17.8. The molecule has 0 saturated heterocycles. The predicted octanol–water partition coefficient (Wildman–Crippen LogP) is 6.23. The summed E-state index contributed by atoms with van der Waals surface area (Å²) in [4.78, 5) is 0. The summed E-state index contributed by atoms with van der Waals surface area (Å²) < 4.78 is 5.88. The van der Waals surface area contributed by atoms with Gasteiger partial charge in [-0.15, -0.1) is 0 Å². The van der Waals surface area contributed by atoms with Crippen molar-refractivity contribution in [2.45, 2.75) is 72.3 Å². The van der Waals surface area contributed by atoms with Crippen LogP contribution in [0.4, 0.5) is 0 Å². The number of fused-ring (bicyclic) bond motifs is 5. The Bertz CT molecular complexity index is 800. The molecule has 2 heteroatoms. The van der Waals surface area contributed by atoms with Gasteiger partial charge in [0, 0.05) is 0 Å². The van der Waals surface area contributed by atoms with E-state index in [4.69, 9.17) is 4.42 Å². The van der Waals surface area contributed by atoms with E-state index >= 15 is 0 Å². The standard InChI is InChI=1S/C25H34O2/c1-15-12-17-14-18(26)7-9-24(17,3)19-8-10-25(4)20(22(15)19)13-16(2)23(25)21-6-5-11-27-21/h5-6,11-12,15,18-20,22,26H,7-10,13-14H2,1-4H3/t15-,18-,19-,20-,22+,24-,25-/m0/s1. The van der Waals surface area contributed by atoms with Gasteiger partial charge in [-0.25, -0.2) is 0 Å². The monoisotopic (exact) mass is 366 g/mol. The summed E-state index contributed by atoms with van der Waals surface area (Å²) in [5, 5.41) is 10.3. The van der Waals surface area contributed by atoms with Crippen LogP contribution < -0.4 is 0 Å². The zero-order chi connectivity index (χ0) is 19.0. The maximum absolute atomic E-state index is 10.3. The van der Waals surface area contributed by atoms with Crippen LogP contribution in [0.1, 0.15) is 72.0 Å². The average Bonchev–Trinajstić information content (AvgIpc) is 3.21. The van der Waals surface area contributed by atoms with Crippen LogP contribution in [-0.2, 0) is 0 Å². The Hall–Kier alpha value is -1.28. The Morgan fingerprint density at radius 2 is 1.85 bits per heavy atom. The highest BCUT2D eigenvalue weighted by Gasteiger charge is 2.59. The molecule has 1 aromatic heterocycles. The third-order valence-electron chi connectivity index (χ3n) is 9.09. The summed E-state index contributed by atoms with van der Waals surface area (Å²) in [6.07, 6.45) is 11.1. The fourth-order valence-corrected chi connectivity index (χ4v) is 7.84. The number of furan rings is 1. The van der Waals surface area contributed by atoms with Crippen molar-refractivity contribution >= 4 is 5.57 Å². The molecule has 0 unspecified atom stereocenters. The van der Waals surface area contributed by atoms with Crippen LogP contribution >= 0.6 is 0 Å². The first-order valence-corrected chi connectivity index (χ1v) is 11.0. The number of hydrogen-bond donors (Lipinski definition) is 1. The van der Waals surface area contributed by atoms with Crippen molar-refractivity contribution in [1.29, 1.82) is 0 Å². The van der Waals surface area contributed by atoms with Gasteiger partial charge < -0.3 is 9.52 Å². The predicted molar refractivity (Wildman–Crippen MR) is 109 cm³/mol. The molecule has 146 valence electrons. The quantitative estimate of drug-likeness (QED) is 0.597. The maximum Gasteiger partial charge on any atom is 0.130 e. The zero-order valence-electron chi connectivity index (χ0n) is 17.3. The largest absolute Gasteiger partial charge is 0.465 e. The van der Waals surface area contributed by atoms with Gasteiger partial charge in [0.1, 0.15) is 5.76 Å². The van der Waals surface area contributed by atoms with E-state index in [1.807, 2.05) is 12.3 Å². The molecule has 0 aromatic carbocycles. The second-order valence-electron chi connectivity index (χ2n) is 10.4. The summed E-state index contributed by atoms with van der Waals surface area (Å²) in [5.41, 5.74) is 5.16. The molecule has 0 amide bonds. The molecule has 2 saturated carbocycles. The number of hydrogen-bond acceptors (Lipinski definition) is 2. The molecule has 2 fully saturated rings. The molecule has 27 heavy (non-hydrogen) atoms. The SMILES string of the molecule is CC1=C(c2ccco2)[C@@]2(C)CC[C@H]3[C@@H]([C@@H](C)C=C4C[C@@H](O)CC[C@@]43C)[C@@H]2C1. The molecule has 0 spiro atoms. The van der Waals surface area contributed by atoms with Crippen molar-refractivity contribution < 1.29 is 9.52 Å². The van der Waals surface area contributed by atoms with Crippen molar-refractivity contribution in [1.82, 2.24) is 0 Å². The van der Waals surface area contributed by atoms with E-state index in [1.54, 1.807) is 11.1 Å². The van der Waals surface area contributed by atoms with Crippen molar-refractivity contribution in [3.8, 4) is 0 Å². The van der Waals surface area contributed by atoms with Gasteiger partial charge in [0.15, 0.2) is 0 Å². The lowest BCUT2D eigenvalue weighted by molar-refractivity contribution is -0.0431. The lowest BCUT2D eigenvalue weighted by Gasteiger charge is -2.59. The molecular weight excluding hydrogens is 332 g/mol. The molecule has 4 aliphatic carbocycles. The molecule has 0 aliphatic heterocycles. The van der Waals surface area contributed by atoms with Crippen LogP contribution in [0.3, 0.4) is 0 Å². The minimum Gasteiger partial charge on any atom is -0.465 e. The molecule has 0 radical (unpaired) electrons. The first-order valence-electron chi connectivity index (χ1n) is 11.0. The highest BCUT2D eigenvalue weighted by Crippen LogP contribution is 2.68. The van der Waals surface area contributed by atoms with Gasteiger partial charge in [-0.2, -0.15) is 0 Å². The van der Waals surface area contributed by atoms with Gasteiger partial charge in [-0.3, -0.25) is 0 Å². The zero-order valence-corrected chi connectivity index (χ0v) is 17.3. The van der Waals surface area contributed by atoms with Crippen molar-refractivity contribution in [2.75, 3.05) is 0 Å². The summed E-state index contributed by atoms with van der Waals surface area (Å²) in [6, 6.07) is 4.19. The van der Waals surface area contributed by atoms with Crippen molar-refractivity contribution in [3.63, 3.8) is 0 Å². The Balaban J connectivity index is 1.55. The minimum absolute atomic E-state index is 0.122. The van der Waals surface area contributed by atoms with Crippen LogP contribution in [0.5, 0.6) is 0 Å². The lowest BCUT2D eigenvalue weighted by Crippen LogP contribution is -2.52. The second-order valence-corrected chi connectivity index (χ2v) is 10.4. The Morgan fingerprint density at radius 1 is 1.07 bits per heavy atom. The van der Waals surface area contributed by atoms with Crippen LogP contribution in [0.25, 0.3) is 5.57 Å². The fraction of sp³-hybridized carbons (Fsp3) is 0.680. The van der Waals surface area contributed by atoms with Crippen molar-refractivity contribution in [2.24, 2.45) is 34.5 Å². The Kier molecular flexibility index (Phi) is 3.86. The second kappa shape index (κ2) is 5.86. The smallest absolute Gasteiger partial charge is 0.130 e. The summed E-state index contributed by atoms with van der Waals surface area (Å²) in [7, 11) is 0. The Morgan fingerprint density at radius 3 is 2.59 bits per heavy atom. The summed E-state index contributed by atoms with van der Waals surface area (Å²) in [5.74, 6) is 3.93. The molecule has 7 atom stereocenters. The number of aliphatic hydroxyl groups is 1. The molecule has 1 aromatic rings. The van der Waals surface area contributed by atoms with Crippen LogP contribution in [0, 0.1) is 34.5 Å². The third kappa shape index (κ3) is 2.35. The number of allylic oxidation sites excluding steroid dienone is 3. The molecule has 5 rings (SSSR count). The highest BCUT2D eigenvalue weighted by molar-refractivity contribution is 5.72. The van der Waals surface area contributed by atoms with E-state index in [0.29, 0.717) is 17.3 Å². The van der Waals surface area contributed by atoms with E-state index in [2.05, 4.69) is 39.8 Å². The fourth-order valence-electron chi connectivity index (χ4n) is 7.84. The normalized spacial score (nSPS) is 46.6. The summed E-state index contributed by atoms with van der Waals surface area (Å²) in [6.45, 7) is 9.81. The maximum atomic E-state index is 10.3. The molecule has 1 heterocycles. The van der Waals surface area contributed by atoms with Gasteiger partial charge in [-0.1, -0.05) is 38.0 Å².